The van der Waals surface area contributed by atoms with Gasteiger partial charge in [-0.1, -0.05) is 59.0 Å². The minimum atomic E-state index is -0.638. The maximum atomic E-state index is 13.2. The molecular weight excluding hydrogens is 515 g/mol. The number of aryl methyl sites for hydroxylation is 1. The van der Waals surface area contributed by atoms with Crippen molar-refractivity contribution in [2.24, 2.45) is 0 Å². The Morgan fingerprint density at radius 3 is 2.41 bits per heavy atom. The molecule has 0 aliphatic carbocycles. The molecule has 0 unspecified atom stereocenters. The Labute approximate surface area is 208 Å². The third-order valence-electron chi connectivity index (χ3n) is 5.22. The topological polar surface area (TPSA) is 58.6 Å². The number of hydrogen-bond donors (Lipinski definition) is 1. The van der Waals surface area contributed by atoms with Crippen molar-refractivity contribution >= 4 is 50.9 Å². The summed E-state index contributed by atoms with van der Waals surface area (Å²) in [7, 11) is 0. The van der Waals surface area contributed by atoms with E-state index in [-0.39, 0.29) is 31.0 Å². The molecule has 1 N–H and O–H groups in total. The summed E-state index contributed by atoms with van der Waals surface area (Å²) in [6.07, 6.45) is 1.27. The highest BCUT2D eigenvalue weighted by Crippen LogP contribution is 2.25. The Bertz CT molecular complexity index is 955. The van der Waals surface area contributed by atoms with Crippen LogP contribution >= 0.6 is 39.1 Å². The number of nitrogens with zero attached hydrogens (tertiary/aromatic N) is 1. The largest absolute Gasteiger partial charge is 0.484 e. The molecule has 0 aliphatic heterocycles. The van der Waals surface area contributed by atoms with Crippen LogP contribution in [0, 0.1) is 6.92 Å². The quantitative estimate of drug-likeness (QED) is 0.390. The van der Waals surface area contributed by atoms with Crippen molar-refractivity contribution in [1.82, 2.24) is 10.2 Å². The summed E-state index contributed by atoms with van der Waals surface area (Å²) in [5.41, 5.74) is 1.78. The van der Waals surface area contributed by atoms with E-state index in [0.29, 0.717) is 22.2 Å². The average molecular weight is 544 g/mol. The van der Waals surface area contributed by atoms with Crippen LogP contribution in [0.15, 0.2) is 40.9 Å². The number of halogens is 3. The van der Waals surface area contributed by atoms with Gasteiger partial charge in [0, 0.05) is 17.1 Å². The lowest BCUT2D eigenvalue weighted by Gasteiger charge is -2.31. The number of carbonyl (C=O) groups is 2. The van der Waals surface area contributed by atoms with Crippen LogP contribution in [0.2, 0.25) is 10.0 Å². The van der Waals surface area contributed by atoms with Crippen LogP contribution in [0.1, 0.15) is 44.7 Å². The summed E-state index contributed by atoms with van der Waals surface area (Å²) >= 11 is 15.7. The second kappa shape index (κ2) is 12.5. The van der Waals surface area contributed by atoms with Gasteiger partial charge in [0.15, 0.2) is 6.61 Å². The number of rotatable bonds is 10. The molecule has 0 fully saturated rings. The Morgan fingerprint density at radius 2 is 1.81 bits per heavy atom. The van der Waals surface area contributed by atoms with Gasteiger partial charge in [0.1, 0.15) is 11.8 Å². The standard InChI is InChI=1S/C24H29BrCl2N2O3/c1-5-16(4)28-24(31)22(6-2)29(13-17-7-10-20(26)21(27)12-17)23(30)14-32-18-8-9-19(25)15(3)11-18/h7-12,16,22H,5-6,13-14H2,1-4H3,(H,28,31)/t16-,22-/m0/s1. The third kappa shape index (κ3) is 7.39. The summed E-state index contributed by atoms with van der Waals surface area (Å²) < 4.78 is 6.71. The van der Waals surface area contributed by atoms with Gasteiger partial charge in [-0.15, -0.1) is 0 Å². The number of ether oxygens (including phenoxy) is 1. The average Bonchev–Trinajstić information content (AvgIpc) is 2.76. The van der Waals surface area contributed by atoms with Gasteiger partial charge in [-0.05, 0) is 68.1 Å². The summed E-state index contributed by atoms with van der Waals surface area (Å²) in [5, 5.41) is 3.82. The fraction of sp³-hybridized carbons (Fsp3) is 0.417. The number of benzene rings is 2. The van der Waals surface area contributed by atoms with Crippen molar-refractivity contribution in [3.05, 3.63) is 62.0 Å². The summed E-state index contributed by atoms with van der Waals surface area (Å²) in [6.45, 7) is 7.80. The van der Waals surface area contributed by atoms with E-state index in [1.165, 1.54) is 0 Å². The molecule has 0 bridgehead atoms. The van der Waals surface area contributed by atoms with Crippen LogP contribution < -0.4 is 10.1 Å². The normalized spacial score (nSPS) is 12.7. The van der Waals surface area contributed by atoms with Gasteiger partial charge in [-0.3, -0.25) is 9.59 Å². The zero-order chi connectivity index (χ0) is 23.8. The van der Waals surface area contributed by atoms with Crippen molar-refractivity contribution in [3.63, 3.8) is 0 Å². The van der Waals surface area contributed by atoms with Crippen molar-refractivity contribution < 1.29 is 14.3 Å². The van der Waals surface area contributed by atoms with E-state index in [2.05, 4.69) is 21.2 Å². The van der Waals surface area contributed by atoms with Crippen LogP contribution in [-0.4, -0.2) is 35.4 Å². The Balaban J connectivity index is 2.25. The Hall–Kier alpha value is -1.76. The number of hydrogen-bond acceptors (Lipinski definition) is 3. The second-order valence-electron chi connectivity index (χ2n) is 7.71. The Morgan fingerprint density at radius 1 is 1.09 bits per heavy atom. The molecule has 2 amide bonds. The molecule has 174 valence electrons. The van der Waals surface area contributed by atoms with Crippen LogP contribution in [0.5, 0.6) is 5.75 Å². The molecule has 2 aromatic carbocycles. The van der Waals surface area contributed by atoms with Crippen molar-refractivity contribution in [1.29, 1.82) is 0 Å². The first-order valence-electron chi connectivity index (χ1n) is 10.6. The van der Waals surface area contributed by atoms with E-state index in [0.717, 1.165) is 22.0 Å². The van der Waals surface area contributed by atoms with E-state index < -0.39 is 6.04 Å². The molecule has 2 rings (SSSR count). The Kier molecular flexibility index (Phi) is 10.3. The summed E-state index contributed by atoms with van der Waals surface area (Å²) in [4.78, 5) is 27.7. The molecule has 2 aromatic rings. The highest BCUT2D eigenvalue weighted by Gasteiger charge is 2.29. The molecule has 32 heavy (non-hydrogen) atoms. The predicted octanol–water partition coefficient (Wildman–Crippen LogP) is 6.17. The van der Waals surface area contributed by atoms with Crippen molar-refractivity contribution in [2.75, 3.05) is 6.61 Å². The monoisotopic (exact) mass is 542 g/mol. The van der Waals surface area contributed by atoms with E-state index in [1.807, 2.05) is 39.8 Å². The van der Waals surface area contributed by atoms with Gasteiger partial charge < -0.3 is 15.0 Å². The van der Waals surface area contributed by atoms with Crippen LogP contribution in [0.25, 0.3) is 0 Å². The van der Waals surface area contributed by atoms with Crippen LogP contribution in [0.4, 0.5) is 0 Å². The van der Waals surface area contributed by atoms with Gasteiger partial charge in [0.25, 0.3) is 5.91 Å². The zero-order valence-electron chi connectivity index (χ0n) is 18.8. The highest BCUT2D eigenvalue weighted by atomic mass is 79.9. The lowest BCUT2D eigenvalue weighted by molar-refractivity contribution is -0.143. The molecule has 2 atom stereocenters. The molecule has 0 saturated heterocycles. The van der Waals surface area contributed by atoms with E-state index in [1.54, 1.807) is 29.2 Å². The van der Waals surface area contributed by atoms with Crippen molar-refractivity contribution in [3.8, 4) is 5.75 Å². The van der Waals surface area contributed by atoms with Gasteiger partial charge >= 0.3 is 0 Å². The maximum absolute atomic E-state index is 13.2. The van der Waals surface area contributed by atoms with Gasteiger partial charge in [-0.2, -0.15) is 0 Å². The summed E-state index contributed by atoms with van der Waals surface area (Å²) in [5.74, 6) is 0.114. The zero-order valence-corrected chi connectivity index (χ0v) is 21.9. The minimum absolute atomic E-state index is 0.0143. The van der Waals surface area contributed by atoms with Gasteiger partial charge in [0.2, 0.25) is 5.91 Å². The second-order valence-corrected chi connectivity index (χ2v) is 9.38. The first kappa shape index (κ1) is 26.5. The molecule has 0 aromatic heterocycles. The van der Waals surface area contributed by atoms with E-state index in [9.17, 15) is 9.59 Å². The highest BCUT2D eigenvalue weighted by molar-refractivity contribution is 9.10. The van der Waals surface area contributed by atoms with Gasteiger partial charge in [-0.25, -0.2) is 0 Å². The number of carbonyl (C=O) groups excluding carboxylic acids is 2. The third-order valence-corrected chi connectivity index (χ3v) is 6.84. The first-order valence-corrected chi connectivity index (χ1v) is 12.1. The lowest BCUT2D eigenvalue weighted by Crippen LogP contribution is -2.51. The van der Waals surface area contributed by atoms with Crippen LogP contribution in [-0.2, 0) is 16.1 Å². The molecular formula is C24H29BrCl2N2O3. The number of nitrogens with one attached hydrogen (secondary N) is 1. The van der Waals surface area contributed by atoms with Crippen molar-refractivity contribution in [2.45, 2.75) is 59.2 Å². The lowest BCUT2D eigenvalue weighted by atomic mass is 10.1. The maximum Gasteiger partial charge on any atom is 0.261 e. The van der Waals surface area contributed by atoms with E-state index in [4.69, 9.17) is 27.9 Å². The van der Waals surface area contributed by atoms with Gasteiger partial charge in [0.05, 0.1) is 10.0 Å². The molecule has 0 saturated carbocycles. The SMILES string of the molecule is CC[C@H](C)NC(=O)[C@H](CC)N(Cc1ccc(Cl)c(Cl)c1)C(=O)COc1ccc(Br)c(C)c1. The molecule has 0 aliphatic rings. The number of amides is 2. The molecule has 5 nitrogen and oxygen atoms in total. The van der Waals surface area contributed by atoms with E-state index >= 15 is 0 Å². The smallest absolute Gasteiger partial charge is 0.261 e. The summed E-state index contributed by atoms with van der Waals surface area (Å²) in [6, 6.07) is 10.1. The van der Waals surface area contributed by atoms with Crippen LogP contribution in [0.3, 0.4) is 0 Å². The fourth-order valence-electron chi connectivity index (χ4n) is 3.13. The predicted molar refractivity (Wildman–Crippen MR) is 133 cm³/mol. The molecule has 0 heterocycles. The minimum Gasteiger partial charge on any atom is -0.484 e. The molecule has 0 spiro atoms. The fourth-order valence-corrected chi connectivity index (χ4v) is 3.70. The first-order chi connectivity index (χ1) is 15.2. The molecule has 0 radical (unpaired) electrons. The molecule has 8 heteroatoms.